The Labute approximate surface area is 195 Å². The number of urea groups is 1. The van der Waals surface area contributed by atoms with E-state index in [2.05, 4.69) is 10.6 Å². The number of anilines is 2. The van der Waals surface area contributed by atoms with Crippen molar-refractivity contribution in [3.05, 3.63) is 76.3 Å². The Bertz CT molecular complexity index is 1320. The molecular formula is C20H13Cl2F3N2O5S. The summed E-state index contributed by atoms with van der Waals surface area (Å²) in [6.45, 7) is 0. The van der Waals surface area contributed by atoms with Gasteiger partial charge in [-0.3, -0.25) is 4.55 Å². The second-order valence-electron chi connectivity index (χ2n) is 6.44. The van der Waals surface area contributed by atoms with Gasteiger partial charge in [0.15, 0.2) is 5.75 Å². The molecule has 0 aliphatic rings. The van der Waals surface area contributed by atoms with Crippen LogP contribution in [0.4, 0.5) is 29.3 Å². The Morgan fingerprint density at radius 3 is 2.24 bits per heavy atom. The SMILES string of the molecule is O=C(Nc1cc(C(F)(F)F)ccc1Cl)Nc1cc(Cl)ccc1Oc1ccccc1S(=O)(=O)O. The molecule has 0 aliphatic heterocycles. The molecule has 0 bridgehead atoms. The van der Waals surface area contributed by atoms with E-state index in [0.29, 0.717) is 6.07 Å². The Morgan fingerprint density at radius 2 is 1.58 bits per heavy atom. The summed E-state index contributed by atoms with van der Waals surface area (Å²) in [4.78, 5) is 11.9. The number of hydrogen-bond donors (Lipinski definition) is 3. The highest BCUT2D eigenvalue weighted by atomic mass is 35.5. The van der Waals surface area contributed by atoms with Gasteiger partial charge in [0.05, 0.1) is 22.0 Å². The van der Waals surface area contributed by atoms with Gasteiger partial charge in [-0.2, -0.15) is 21.6 Å². The van der Waals surface area contributed by atoms with Crippen molar-refractivity contribution in [3.8, 4) is 11.5 Å². The van der Waals surface area contributed by atoms with Gasteiger partial charge in [0, 0.05) is 5.02 Å². The molecule has 7 nitrogen and oxygen atoms in total. The van der Waals surface area contributed by atoms with E-state index < -0.39 is 32.8 Å². The molecule has 13 heteroatoms. The molecular weight excluding hydrogens is 508 g/mol. The number of ether oxygens (including phenoxy) is 1. The number of rotatable bonds is 5. The fourth-order valence-corrected chi connectivity index (χ4v) is 3.58. The standard InChI is InChI=1S/C20H13Cl2F3N2O5S/c21-12-6-8-16(32-17-3-1-2-4-18(17)33(29,30)31)15(10-12)27-19(28)26-14-9-11(20(23,24)25)5-7-13(14)22/h1-10H,(H2,26,27,28)(H,29,30,31). The summed E-state index contributed by atoms with van der Waals surface area (Å²) in [6, 6.07) is 10.6. The molecule has 174 valence electrons. The highest BCUT2D eigenvalue weighted by Crippen LogP contribution is 2.36. The van der Waals surface area contributed by atoms with E-state index in [4.69, 9.17) is 27.9 Å². The first kappa shape index (κ1) is 24.6. The van der Waals surface area contributed by atoms with Crippen molar-refractivity contribution in [3.63, 3.8) is 0 Å². The summed E-state index contributed by atoms with van der Waals surface area (Å²) < 4.78 is 76.9. The van der Waals surface area contributed by atoms with Gasteiger partial charge in [-0.15, -0.1) is 0 Å². The largest absolute Gasteiger partial charge is 0.454 e. The molecule has 2 amide bonds. The zero-order chi connectivity index (χ0) is 24.4. The molecule has 0 radical (unpaired) electrons. The lowest BCUT2D eigenvalue weighted by Crippen LogP contribution is -2.20. The molecule has 0 spiro atoms. The molecule has 0 unspecified atom stereocenters. The molecule has 0 atom stereocenters. The van der Waals surface area contributed by atoms with Gasteiger partial charge < -0.3 is 15.4 Å². The van der Waals surface area contributed by atoms with Crippen LogP contribution in [-0.2, 0) is 16.3 Å². The third-order valence-corrected chi connectivity index (χ3v) is 5.54. The van der Waals surface area contributed by atoms with Crippen molar-refractivity contribution in [2.75, 3.05) is 10.6 Å². The van der Waals surface area contributed by atoms with Crippen molar-refractivity contribution in [1.29, 1.82) is 0 Å². The van der Waals surface area contributed by atoms with Gasteiger partial charge in [0.1, 0.15) is 10.6 Å². The number of halogens is 5. The lowest BCUT2D eigenvalue weighted by Gasteiger charge is -2.16. The second kappa shape index (κ2) is 9.48. The van der Waals surface area contributed by atoms with Gasteiger partial charge in [0.25, 0.3) is 10.1 Å². The maximum atomic E-state index is 12.9. The number of para-hydroxylation sites is 1. The quantitative estimate of drug-likeness (QED) is 0.325. The van der Waals surface area contributed by atoms with E-state index >= 15 is 0 Å². The molecule has 3 aromatic rings. The average Bonchev–Trinajstić information content (AvgIpc) is 2.70. The summed E-state index contributed by atoms with van der Waals surface area (Å²) in [5, 5.41) is 4.58. The Morgan fingerprint density at radius 1 is 0.909 bits per heavy atom. The number of alkyl halides is 3. The molecule has 0 aromatic heterocycles. The van der Waals surface area contributed by atoms with Crippen LogP contribution in [0.1, 0.15) is 5.56 Å². The maximum Gasteiger partial charge on any atom is 0.416 e. The van der Waals surface area contributed by atoms with Gasteiger partial charge in [-0.05, 0) is 48.5 Å². The summed E-state index contributed by atoms with van der Waals surface area (Å²) in [5.41, 5.74) is -1.37. The van der Waals surface area contributed by atoms with Gasteiger partial charge >= 0.3 is 12.2 Å². The van der Waals surface area contributed by atoms with E-state index in [1.54, 1.807) is 0 Å². The Hall–Kier alpha value is -2.99. The summed E-state index contributed by atoms with van der Waals surface area (Å²) in [5.74, 6) is -0.313. The predicted octanol–water partition coefficient (Wildman–Crippen LogP) is 6.70. The predicted molar refractivity (Wildman–Crippen MR) is 117 cm³/mol. The van der Waals surface area contributed by atoms with Crippen LogP contribution in [0.25, 0.3) is 0 Å². The van der Waals surface area contributed by atoms with Crippen LogP contribution in [0.2, 0.25) is 10.0 Å². The fourth-order valence-electron chi connectivity index (χ4n) is 2.63. The molecule has 0 heterocycles. The van der Waals surface area contributed by atoms with Crippen molar-refractivity contribution in [2.24, 2.45) is 0 Å². The van der Waals surface area contributed by atoms with Crippen LogP contribution >= 0.6 is 23.2 Å². The molecule has 3 aromatic carbocycles. The average molecular weight is 521 g/mol. The van der Waals surface area contributed by atoms with Gasteiger partial charge in [-0.25, -0.2) is 4.79 Å². The van der Waals surface area contributed by atoms with Crippen LogP contribution in [-0.4, -0.2) is 19.0 Å². The van der Waals surface area contributed by atoms with E-state index in [1.807, 2.05) is 0 Å². The Kier molecular flexibility index (Phi) is 7.08. The number of amides is 2. The molecule has 3 N–H and O–H groups in total. The second-order valence-corrected chi connectivity index (χ2v) is 8.67. The van der Waals surface area contributed by atoms with Crippen LogP contribution in [0.5, 0.6) is 11.5 Å². The van der Waals surface area contributed by atoms with Crippen molar-refractivity contribution >= 4 is 50.7 Å². The van der Waals surface area contributed by atoms with E-state index in [9.17, 15) is 30.9 Å². The number of nitrogens with one attached hydrogen (secondary N) is 2. The number of benzene rings is 3. The lowest BCUT2D eigenvalue weighted by molar-refractivity contribution is -0.137. The molecule has 0 saturated heterocycles. The van der Waals surface area contributed by atoms with Crippen LogP contribution in [0.3, 0.4) is 0 Å². The topological polar surface area (TPSA) is 105 Å². The highest BCUT2D eigenvalue weighted by Gasteiger charge is 2.31. The van der Waals surface area contributed by atoms with Crippen molar-refractivity contribution in [2.45, 2.75) is 11.1 Å². The van der Waals surface area contributed by atoms with E-state index in [0.717, 1.165) is 18.2 Å². The van der Waals surface area contributed by atoms with Crippen LogP contribution in [0, 0.1) is 0 Å². The first-order chi connectivity index (χ1) is 15.3. The summed E-state index contributed by atoms with van der Waals surface area (Å²) >= 11 is 11.8. The summed E-state index contributed by atoms with van der Waals surface area (Å²) in [7, 11) is -4.62. The minimum Gasteiger partial charge on any atom is -0.454 e. The monoisotopic (exact) mass is 520 g/mol. The van der Waals surface area contributed by atoms with E-state index in [1.165, 1.54) is 36.4 Å². The maximum absolute atomic E-state index is 12.9. The molecule has 3 rings (SSSR count). The smallest absolute Gasteiger partial charge is 0.416 e. The zero-order valence-electron chi connectivity index (χ0n) is 16.2. The van der Waals surface area contributed by atoms with E-state index in [-0.39, 0.29) is 32.9 Å². The van der Waals surface area contributed by atoms with Crippen molar-refractivity contribution < 1.29 is 35.7 Å². The lowest BCUT2D eigenvalue weighted by atomic mass is 10.2. The first-order valence-corrected chi connectivity index (χ1v) is 11.0. The van der Waals surface area contributed by atoms with Gasteiger partial charge in [0.2, 0.25) is 0 Å². The Balaban J connectivity index is 1.88. The zero-order valence-corrected chi connectivity index (χ0v) is 18.5. The fraction of sp³-hybridized carbons (Fsp3) is 0.0500. The minimum atomic E-state index is -4.65. The number of carbonyl (C=O) groups is 1. The first-order valence-electron chi connectivity index (χ1n) is 8.83. The normalized spacial score (nSPS) is 11.7. The van der Waals surface area contributed by atoms with Crippen molar-refractivity contribution in [1.82, 2.24) is 0 Å². The van der Waals surface area contributed by atoms with Crippen LogP contribution < -0.4 is 15.4 Å². The molecule has 0 aliphatic carbocycles. The summed E-state index contributed by atoms with van der Waals surface area (Å²) in [6.07, 6.45) is -4.65. The highest BCUT2D eigenvalue weighted by molar-refractivity contribution is 7.86. The number of hydrogen-bond acceptors (Lipinski definition) is 4. The third-order valence-electron chi connectivity index (χ3n) is 4.08. The molecule has 33 heavy (non-hydrogen) atoms. The molecule has 0 saturated carbocycles. The molecule has 0 fully saturated rings. The third kappa shape index (κ3) is 6.29. The van der Waals surface area contributed by atoms with Gasteiger partial charge in [-0.1, -0.05) is 35.3 Å². The number of carbonyl (C=O) groups excluding carboxylic acids is 1. The minimum absolute atomic E-state index is 0.0479. The van der Waals surface area contributed by atoms with Crippen LogP contribution in [0.15, 0.2) is 65.6 Å².